The van der Waals surface area contributed by atoms with E-state index in [0.717, 1.165) is 10.0 Å². The van der Waals surface area contributed by atoms with Gasteiger partial charge in [-0.25, -0.2) is 13.9 Å². The Kier molecular flexibility index (Phi) is 5.84. The molecule has 3 rings (SSSR count). The highest BCUT2D eigenvalue weighted by molar-refractivity contribution is 7.87. The predicted octanol–water partition coefficient (Wildman–Crippen LogP) is -0.679. The topological polar surface area (TPSA) is 118 Å². The number of nitrogens with zero attached hydrogens (tertiary/aromatic N) is 6. The van der Waals surface area contributed by atoms with Gasteiger partial charge in [-0.15, -0.1) is 0 Å². The number of aromatic nitrogens is 3. The van der Waals surface area contributed by atoms with E-state index in [1.807, 2.05) is 0 Å². The molecular weight excluding hydrogens is 400 g/mol. The average Bonchev–Trinajstić information content (AvgIpc) is 3.18. The van der Waals surface area contributed by atoms with Crippen LogP contribution >= 0.6 is 0 Å². The van der Waals surface area contributed by atoms with Crippen molar-refractivity contribution in [1.29, 1.82) is 0 Å². The molecule has 0 bridgehead atoms. The molecule has 0 radical (unpaired) electrons. The Balaban J connectivity index is 1.71. The first-order chi connectivity index (χ1) is 13.8. The summed E-state index contributed by atoms with van der Waals surface area (Å²) in [5.74, 6) is -0.308. The van der Waals surface area contributed by atoms with Crippen LogP contribution in [-0.4, -0.2) is 95.2 Å². The number of methoxy groups -OCH3 is 1. The number of carbonyl (C=O) groups excluding carboxylic acids is 2. The van der Waals surface area contributed by atoms with Crippen molar-refractivity contribution in [2.24, 2.45) is 0 Å². The summed E-state index contributed by atoms with van der Waals surface area (Å²) in [4.78, 5) is 34.7. The molecule has 0 aromatic carbocycles. The van der Waals surface area contributed by atoms with Crippen molar-refractivity contribution >= 4 is 33.1 Å². The first-order valence-corrected chi connectivity index (χ1v) is 10.2. The van der Waals surface area contributed by atoms with Crippen LogP contribution in [0.5, 0.6) is 5.88 Å². The summed E-state index contributed by atoms with van der Waals surface area (Å²) in [5, 5.41) is 0.488. The molecular formula is C17H22N6O5S. The molecule has 2 amide bonds. The van der Waals surface area contributed by atoms with Gasteiger partial charge in [0.25, 0.3) is 0 Å². The van der Waals surface area contributed by atoms with Crippen molar-refractivity contribution in [3.63, 3.8) is 0 Å². The Labute approximate surface area is 168 Å². The van der Waals surface area contributed by atoms with Crippen LogP contribution in [0.1, 0.15) is 0 Å². The van der Waals surface area contributed by atoms with Crippen LogP contribution < -0.4 is 4.74 Å². The zero-order valence-corrected chi connectivity index (χ0v) is 17.0. The van der Waals surface area contributed by atoms with Gasteiger partial charge >= 0.3 is 10.2 Å². The highest BCUT2D eigenvalue weighted by atomic mass is 32.2. The molecule has 2 aromatic heterocycles. The number of likely N-dealkylation sites (N-methyl/N-ethyl adjacent to an activating group) is 1. The molecule has 2 aromatic rings. The number of hydrogen-bond donors (Lipinski definition) is 0. The normalized spacial score (nSPS) is 15.3. The number of piperazine rings is 1. The van der Waals surface area contributed by atoms with E-state index in [0.29, 0.717) is 5.39 Å². The van der Waals surface area contributed by atoms with Crippen molar-refractivity contribution in [1.82, 2.24) is 28.0 Å². The highest BCUT2D eigenvalue weighted by Gasteiger charge is 2.31. The molecule has 0 saturated carbocycles. The van der Waals surface area contributed by atoms with Gasteiger partial charge in [0.2, 0.25) is 17.7 Å². The minimum absolute atomic E-state index is 0.0867. The maximum atomic E-state index is 13.1. The zero-order valence-electron chi connectivity index (χ0n) is 16.2. The molecule has 1 aliphatic rings. The first kappa shape index (κ1) is 20.7. The molecule has 1 fully saturated rings. The molecule has 0 N–H and O–H groups in total. The number of amides is 2. The lowest BCUT2D eigenvalue weighted by atomic mass is 10.3. The Morgan fingerprint density at radius 1 is 1.28 bits per heavy atom. The van der Waals surface area contributed by atoms with E-state index < -0.39 is 10.2 Å². The molecule has 0 atom stereocenters. The number of ether oxygens (including phenoxy) is 1. The van der Waals surface area contributed by atoms with Gasteiger partial charge in [-0.2, -0.15) is 12.7 Å². The van der Waals surface area contributed by atoms with Gasteiger partial charge < -0.3 is 14.5 Å². The molecule has 12 heteroatoms. The van der Waals surface area contributed by atoms with Crippen LogP contribution in [0.3, 0.4) is 0 Å². The van der Waals surface area contributed by atoms with E-state index in [-0.39, 0.29) is 56.1 Å². The van der Waals surface area contributed by atoms with E-state index in [1.54, 1.807) is 6.07 Å². The van der Waals surface area contributed by atoms with Crippen molar-refractivity contribution < 1.29 is 22.7 Å². The Morgan fingerprint density at radius 3 is 2.59 bits per heavy atom. The maximum Gasteiger partial charge on any atom is 0.309 e. The second kappa shape index (κ2) is 8.17. The van der Waals surface area contributed by atoms with Crippen molar-refractivity contribution in [2.45, 2.75) is 0 Å². The van der Waals surface area contributed by atoms with Gasteiger partial charge in [0.05, 0.1) is 19.0 Å². The van der Waals surface area contributed by atoms with Crippen molar-refractivity contribution in [2.75, 3.05) is 46.9 Å². The number of rotatable bonds is 6. The van der Waals surface area contributed by atoms with Gasteiger partial charge in [-0.3, -0.25) is 9.59 Å². The summed E-state index contributed by atoms with van der Waals surface area (Å²) in [7, 11) is -0.913. The second-order valence-electron chi connectivity index (χ2n) is 6.42. The average molecular weight is 422 g/mol. The van der Waals surface area contributed by atoms with Crippen LogP contribution in [0.2, 0.25) is 0 Å². The predicted molar refractivity (Wildman–Crippen MR) is 104 cm³/mol. The lowest BCUT2D eigenvalue weighted by Crippen LogP contribution is -2.53. The quantitative estimate of drug-likeness (QED) is 0.566. The Bertz CT molecular complexity index is 1040. The van der Waals surface area contributed by atoms with E-state index in [1.165, 1.54) is 40.8 Å². The first-order valence-electron chi connectivity index (χ1n) is 8.81. The van der Waals surface area contributed by atoms with Gasteiger partial charge in [-0.1, -0.05) is 6.58 Å². The van der Waals surface area contributed by atoms with E-state index in [9.17, 15) is 18.0 Å². The smallest absolute Gasteiger partial charge is 0.309 e. The number of carbonyl (C=O) groups is 2. The van der Waals surface area contributed by atoms with E-state index in [2.05, 4.69) is 16.5 Å². The molecule has 1 aliphatic heterocycles. The van der Waals surface area contributed by atoms with Gasteiger partial charge in [-0.05, 0) is 12.1 Å². The summed E-state index contributed by atoms with van der Waals surface area (Å²) in [5.41, 5.74) is 0.222. The van der Waals surface area contributed by atoms with Crippen LogP contribution in [-0.2, 0) is 19.8 Å². The van der Waals surface area contributed by atoms with Crippen molar-refractivity contribution in [3.8, 4) is 5.88 Å². The Hall–Kier alpha value is -2.99. The highest BCUT2D eigenvalue weighted by Crippen LogP contribution is 2.24. The van der Waals surface area contributed by atoms with Crippen LogP contribution in [0, 0.1) is 0 Å². The molecule has 0 unspecified atom stereocenters. The molecule has 0 aliphatic carbocycles. The molecule has 1 saturated heterocycles. The fourth-order valence-electron chi connectivity index (χ4n) is 3.08. The second-order valence-corrected chi connectivity index (χ2v) is 8.22. The lowest BCUT2D eigenvalue weighted by molar-refractivity contribution is -0.138. The zero-order chi connectivity index (χ0) is 21.2. The van der Waals surface area contributed by atoms with Gasteiger partial charge in [0, 0.05) is 39.4 Å². The number of fused-ring (bicyclic) bond motifs is 1. The molecule has 29 heavy (non-hydrogen) atoms. The van der Waals surface area contributed by atoms with E-state index in [4.69, 9.17) is 4.74 Å². The monoisotopic (exact) mass is 422 g/mol. The van der Waals surface area contributed by atoms with Gasteiger partial charge in [0.1, 0.15) is 6.33 Å². The standard InChI is InChI=1S/C17H22N6O5S/c1-4-14(24)20(2)11-15(25)21-7-9-22(10-8-21)29(26,27)23-6-5-13-16(23)18-12-19-17(13)28-3/h4-6,12H,1,7-11H2,2-3H3. The minimum Gasteiger partial charge on any atom is -0.480 e. The summed E-state index contributed by atoms with van der Waals surface area (Å²) in [6, 6.07) is 1.58. The fourth-order valence-corrected chi connectivity index (χ4v) is 4.54. The minimum atomic E-state index is -3.87. The molecule has 11 nitrogen and oxygen atoms in total. The van der Waals surface area contributed by atoms with Crippen LogP contribution in [0.4, 0.5) is 0 Å². The third kappa shape index (κ3) is 3.93. The Morgan fingerprint density at radius 2 is 1.97 bits per heavy atom. The lowest BCUT2D eigenvalue weighted by Gasteiger charge is -2.34. The third-order valence-electron chi connectivity index (χ3n) is 4.69. The SMILES string of the molecule is C=CC(=O)N(C)CC(=O)N1CCN(S(=O)(=O)n2ccc3c(OC)ncnc32)CC1. The van der Waals surface area contributed by atoms with Crippen LogP contribution in [0.15, 0.2) is 31.2 Å². The maximum absolute atomic E-state index is 13.1. The molecule has 3 heterocycles. The molecule has 0 spiro atoms. The van der Waals surface area contributed by atoms with Crippen molar-refractivity contribution in [3.05, 3.63) is 31.2 Å². The summed E-state index contributed by atoms with van der Waals surface area (Å²) >= 11 is 0. The van der Waals surface area contributed by atoms with E-state index >= 15 is 0 Å². The number of hydrogen-bond acceptors (Lipinski definition) is 7. The fraction of sp³-hybridized carbons (Fsp3) is 0.412. The summed E-state index contributed by atoms with van der Waals surface area (Å²) in [6.45, 7) is 4.02. The molecule has 156 valence electrons. The summed E-state index contributed by atoms with van der Waals surface area (Å²) in [6.07, 6.45) is 3.78. The third-order valence-corrected chi connectivity index (χ3v) is 6.50. The largest absolute Gasteiger partial charge is 0.480 e. The summed E-state index contributed by atoms with van der Waals surface area (Å²) < 4.78 is 33.7. The van der Waals surface area contributed by atoms with Gasteiger partial charge in [0.15, 0.2) is 5.65 Å². The van der Waals surface area contributed by atoms with Crippen LogP contribution in [0.25, 0.3) is 11.0 Å².